The van der Waals surface area contributed by atoms with E-state index in [1.807, 2.05) is 42.5 Å². The van der Waals surface area contributed by atoms with Crippen molar-refractivity contribution >= 4 is 23.3 Å². The molecule has 3 atom stereocenters. The molecule has 5 heteroatoms. The van der Waals surface area contributed by atoms with Crippen LogP contribution in [0.15, 0.2) is 78.9 Å². The maximum Gasteiger partial charge on any atom is 0.357 e. The van der Waals surface area contributed by atoms with Crippen LogP contribution in [-0.2, 0) is 4.79 Å². The Hall–Kier alpha value is -3.44. The summed E-state index contributed by atoms with van der Waals surface area (Å²) in [6.07, 6.45) is 0. The Morgan fingerprint density at radius 2 is 1.56 bits per heavy atom. The third-order valence-electron chi connectivity index (χ3n) is 5.58. The van der Waals surface area contributed by atoms with E-state index in [0.717, 1.165) is 16.8 Å². The van der Waals surface area contributed by atoms with Crippen LogP contribution in [0.4, 0.5) is 11.4 Å². The molecule has 0 aromatic heterocycles. The third-order valence-corrected chi connectivity index (χ3v) is 5.58. The maximum atomic E-state index is 13.2. The van der Waals surface area contributed by atoms with Crippen LogP contribution < -0.4 is 10.0 Å². The average Bonchev–Trinajstić information content (AvgIpc) is 3.13. The largest absolute Gasteiger partial charge is 0.478 e. The number of rotatable bonds is 4. The van der Waals surface area contributed by atoms with Crippen LogP contribution in [0.3, 0.4) is 0 Å². The number of quaternary nitrogens is 1. The van der Waals surface area contributed by atoms with Gasteiger partial charge < -0.3 is 5.11 Å². The molecule has 1 amide bonds. The van der Waals surface area contributed by atoms with E-state index >= 15 is 0 Å². The normalized spacial score (nSPS) is 24.8. The van der Waals surface area contributed by atoms with Crippen LogP contribution in [0.1, 0.15) is 33.4 Å². The van der Waals surface area contributed by atoms with Crippen molar-refractivity contribution in [3.05, 3.63) is 95.6 Å². The van der Waals surface area contributed by atoms with Crippen molar-refractivity contribution in [2.24, 2.45) is 0 Å². The lowest BCUT2D eigenvalue weighted by molar-refractivity contribution is -0.143. The number of anilines is 1. The molecule has 3 unspecified atom stereocenters. The van der Waals surface area contributed by atoms with Gasteiger partial charge in [-0.3, -0.25) is 0 Å². The Labute approximate surface area is 156 Å². The number of hydrogen-bond donors (Lipinski definition) is 2. The molecule has 5 rings (SSSR count). The van der Waals surface area contributed by atoms with Crippen molar-refractivity contribution in [1.29, 1.82) is 0 Å². The van der Waals surface area contributed by atoms with Gasteiger partial charge in [0, 0.05) is 17.2 Å². The number of benzene rings is 3. The number of aromatic carboxylic acids is 1. The molecule has 0 aliphatic carbocycles. The fourth-order valence-electron chi connectivity index (χ4n) is 4.42. The second kappa shape index (κ2) is 5.53. The molecule has 2 aliphatic heterocycles. The molecule has 132 valence electrons. The Balaban J connectivity index is 1.61. The van der Waals surface area contributed by atoms with E-state index in [0.29, 0.717) is 5.69 Å². The van der Waals surface area contributed by atoms with Gasteiger partial charge in [-0.1, -0.05) is 48.5 Å². The minimum atomic E-state index is -0.970. The minimum absolute atomic E-state index is 0.0322. The van der Waals surface area contributed by atoms with Crippen LogP contribution in [0.25, 0.3) is 0 Å². The molecule has 0 saturated carbocycles. The summed E-state index contributed by atoms with van der Waals surface area (Å²) in [6, 6.07) is 24.5. The summed E-state index contributed by atoms with van der Waals surface area (Å²) in [7, 11) is 0. The molecule has 1 fully saturated rings. The highest BCUT2D eigenvalue weighted by atomic mass is 16.4. The van der Waals surface area contributed by atoms with Gasteiger partial charge in [-0.15, -0.1) is 4.59 Å². The summed E-state index contributed by atoms with van der Waals surface area (Å²) >= 11 is 0. The highest BCUT2D eigenvalue weighted by Crippen LogP contribution is 2.63. The quantitative estimate of drug-likeness (QED) is 0.545. The first kappa shape index (κ1) is 15.8. The van der Waals surface area contributed by atoms with Crippen LogP contribution in [0.5, 0.6) is 0 Å². The summed E-state index contributed by atoms with van der Waals surface area (Å²) in [5.41, 5.74) is 7.46. The summed E-state index contributed by atoms with van der Waals surface area (Å²) in [4.78, 5) is 24.3. The van der Waals surface area contributed by atoms with Crippen molar-refractivity contribution in [3.8, 4) is 0 Å². The molecule has 3 aromatic rings. The lowest BCUT2D eigenvalue weighted by Crippen LogP contribution is -2.68. The highest BCUT2D eigenvalue weighted by Gasteiger charge is 2.74. The number of carboxylic acid groups (broad SMARTS) is 1. The van der Waals surface area contributed by atoms with E-state index in [2.05, 4.69) is 17.6 Å². The number of fused-ring (bicyclic) bond motifs is 5. The highest BCUT2D eigenvalue weighted by molar-refractivity contribution is 6.09. The number of nitrogens with one attached hydrogen (secondary N) is 1. The number of carbonyl (C=O) groups is 2. The van der Waals surface area contributed by atoms with E-state index in [1.165, 1.54) is 0 Å². The topological polar surface area (TPSA) is 66.4 Å². The minimum Gasteiger partial charge on any atom is -0.478 e. The molecule has 1 saturated heterocycles. The summed E-state index contributed by atoms with van der Waals surface area (Å²) in [5.74, 6) is -1.01. The molecule has 2 N–H and O–H groups in total. The molecular weight excluding hydrogens is 340 g/mol. The molecule has 2 aliphatic rings. The van der Waals surface area contributed by atoms with Gasteiger partial charge >= 0.3 is 11.9 Å². The first-order chi connectivity index (χ1) is 13.1. The van der Waals surface area contributed by atoms with Gasteiger partial charge in [0.2, 0.25) is 0 Å². The number of carboxylic acids is 1. The SMILES string of the molecule is O=C(O)c1ccc(N[N+]23C(=O)C(c4ccccc42)C3c2ccccc2)cc1. The van der Waals surface area contributed by atoms with Gasteiger partial charge in [0.1, 0.15) is 0 Å². The zero-order chi connectivity index (χ0) is 18.6. The smallest absolute Gasteiger partial charge is 0.357 e. The van der Waals surface area contributed by atoms with Crippen LogP contribution >= 0.6 is 0 Å². The van der Waals surface area contributed by atoms with Crippen LogP contribution in [-0.4, -0.2) is 17.0 Å². The molecule has 5 nitrogen and oxygen atoms in total. The van der Waals surface area contributed by atoms with E-state index < -0.39 is 5.97 Å². The molecule has 0 radical (unpaired) electrons. The fourth-order valence-corrected chi connectivity index (χ4v) is 4.42. The lowest BCUT2D eigenvalue weighted by atomic mass is 9.83. The number of hydrogen-bond acceptors (Lipinski definition) is 3. The Morgan fingerprint density at radius 1 is 0.889 bits per heavy atom. The summed E-state index contributed by atoms with van der Waals surface area (Å²) in [5, 5.41) is 9.10. The van der Waals surface area contributed by atoms with Crippen molar-refractivity contribution in [2.45, 2.75) is 12.0 Å². The van der Waals surface area contributed by atoms with E-state index in [-0.39, 0.29) is 28.0 Å². The summed E-state index contributed by atoms with van der Waals surface area (Å²) < 4.78 is 0.0390. The Bertz CT molecular complexity index is 1060. The second-order valence-electron chi connectivity index (χ2n) is 6.95. The van der Waals surface area contributed by atoms with Gasteiger partial charge in [-0.05, 0) is 24.3 Å². The second-order valence-corrected chi connectivity index (χ2v) is 6.95. The average molecular weight is 357 g/mol. The van der Waals surface area contributed by atoms with Gasteiger partial charge in [-0.2, -0.15) is 0 Å². The Morgan fingerprint density at radius 3 is 2.26 bits per heavy atom. The monoisotopic (exact) mass is 357 g/mol. The predicted octanol–water partition coefficient (Wildman–Crippen LogP) is 4.10. The predicted molar refractivity (Wildman–Crippen MR) is 102 cm³/mol. The lowest BCUT2D eigenvalue weighted by Gasteiger charge is -2.45. The molecule has 3 aromatic carbocycles. The zero-order valence-electron chi connectivity index (χ0n) is 14.4. The molecule has 27 heavy (non-hydrogen) atoms. The Kier molecular flexibility index (Phi) is 3.23. The first-order valence-electron chi connectivity index (χ1n) is 8.82. The van der Waals surface area contributed by atoms with E-state index in [9.17, 15) is 9.59 Å². The van der Waals surface area contributed by atoms with Gasteiger partial charge in [0.25, 0.3) is 0 Å². The maximum absolute atomic E-state index is 13.2. The molecule has 0 spiro atoms. The zero-order valence-corrected chi connectivity index (χ0v) is 14.4. The first-order valence-corrected chi connectivity index (χ1v) is 8.82. The van der Waals surface area contributed by atoms with Crippen LogP contribution in [0.2, 0.25) is 0 Å². The van der Waals surface area contributed by atoms with E-state index in [1.54, 1.807) is 24.3 Å². The number of nitrogens with zero attached hydrogens (tertiary/aromatic N) is 1. The number of amides is 1. The number of para-hydroxylation sites is 1. The molecule has 2 bridgehead atoms. The third kappa shape index (κ3) is 2.03. The standard InChI is InChI=1S/C22H16N2O3/c25-21-19-17-8-4-5-9-18(17)24(21,20(19)14-6-2-1-3-7-14)23-16-12-10-15(11-13-16)22(26)27/h1-13,19-20,23H/p+1. The van der Waals surface area contributed by atoms with Crippen LogP contribution in [0, 0.1) is 0 Å². The van der Waals surface area contributed by atoms with Gasteiger partial charge in [-0.25, -0.2) is 15.0 Å². The summed E-state index contributed by atoms with van der Waals surface area (Å²) in [6.45, 7) is 0. The van der Waals surface area contributed by atoms with Gasteiger partial charge in [0.05, 0.1) is 11.3 Å². The fraction of sp³-hybridized carbons (Fsp3) is 0.0909. The number of carbonyl (C=O) groups excluding carboxylic acids is 1. The van der Waals surface area contributed by atoms with Crippen molar-refractivity contribution in [3.63, 3.8) is 0 Å². The number of β-lactam (4-membered cyclic amide) rings is 1. The van der Waals surface area contributed by atoms with Gasteiger partial charge in [0.15, 0.2) is 17.6 Å². The molecule has 2 heterocycles. The van der Waals surface area contributed by atoms with Crippen molar-refractivity contribution in [2.75, 3.05) is 5.43 Å². The van der Waals surface area contributed by atoms with E-state index in [4.69, 9.17) is 5.11 Å². The molecular formula is C22H17N2O3+. The van der Waals surface area contributed by atoms with Crippen molar-refractivity contribution < 1.29 is 14.7 Å². The van der Waals surface area contributed by atoms with Crippen molar-refractivity contribution in [1.82, 2.24) is 4.59 Å².